The summed E-state index contributed by atoms with van der Waals surface area (Å²) < 4.78 is 4.14. The summed E-state index contributed by atoms with van der Waals surface area (Å²) >= 11 is 0. The highest BCUT2D eigenvalue weighted by Crippen LogP contribution is 2.27. The van der Waals surface area contributed by atoms with Gasteiger partial charge in [-0.05, 0) is 31.5 Å². The van der Waals surface area contributed by atoms with Crippen LogP contribution in [0.1, 0.15) is 12.6 Å². The average molecular weight is 226 g/mol. The van der Waals surface area contributed by atoms with E-state index < -0.39 is 0 Å². The van der Waals surface area contributed by atoms with Gasteiger partial charge in [-0.1, -0.05) is 0 Å². The number of fused-ring (bicyclic) bond motifs is 1. The van der Waals surface area contributed by atoms with E-state index in [0.29, 0.717) is 0 Å². The van der Waals surface area contributed by atoms with Crippen LogP contribution in [0.4, 0.5) is 0 Å². The summed E-state index contributed by atoms with van der Waals surface area (Å²) in [5, 5.41) is 4.53. The van der Waals surface area contributed by atoms with Gasteiger partial charge in [-0.15, -0.1) is 0 Å². The number of hydrogen-bond donors (Lipinski definition) is 0. The molecule has 86 valence electrons. The number of aryl methyl sites for hydroxylation is 2. The van der Waals surface area contributed by atoms with Crippen molar-refractivity contribution in [1.82, 2.24) is 19.2 Å². The van der Waals surface area contributed by atoms with Crippen LogP contribution in [0.25, 0.3) is 16.8 Å². The Morgan fingerprint density at radius 3 is 2.65 bits per heavy atom. The highest BCUT2D eigenvalue weighted by atomic mass is 15.3. The Morgan fingerprint density at radius 2 is 1.94 bits per heavy atom. The molecule has 0 aromatic carbocycles. The molecule has 4 nitrogen and oxygen atoms in total. The molecule has 0 saturated carbocycles. The van der Waals surface area contributed by atoms with E-state index in [1.54, 1.807) is 0 Å². The standard InChI is InChI=1S/C13H14N4/c1-3-16-8-9-17-13(16)12(10(2)15-17)11-4-6-14-7-5-11/h4-9H,3H2,1-2H3. The molecule has 3 heterocycles. The molecule has 0 atom stereocenters. The SMILES string of the molecule is CCn1ccn2nc(C)c(-c3ccncc3)c12. The minimum atomic E-state index is 0.944. The summed E-state index contributed by atoms with van der Waals surface area (Å²) in [6.07, 6.45) is 7.69. The van der Waals surface area contributed by atoms with E-state index in [9.17, 15) is 0 Å². The third-order valence-corrected chi connectivity index (χ3v) is 3.03. The molecule has 0 aliphatic rings. The minimum Gasteiger partial charge on any atom is -0.331 e. The Hall–Kier alpha value is -2.10. The number of pyridine rings is 1. The Kier molecular flexibility index (Phi) is 2.21. The van der Waals surface area contributed by atoms with Crippen LogP contribution < -0.4 is 0 Å². The lowest BCUT2D eigenvalue weighted by molar-refractivity contribution is 0.789. The van der Waals surface area contributed by atoms with Gasteiger partial charge in [0.2, 0.25) is 0 Å². The topological polar surface area (TPSA) is 35.1 Å². The van der Waals surface area contributed by atoms with Crippen LogP contribution in [-0.4, -0.2) is 19.2 Å². The van der Waals surface area contributed by atoms with Gasteiger partial charge < -0.3 is 4.57 Å². The molecule has 17 heavy (non-hydrogen) atoms. The van der Waals surface area contributed by atoms with Crippen molar-refractivity contribution in [2.75, 3.05) is 0 Å². The zero-order valence-electron chi connectivity index (χ0n) is 9.96. The van der Waals surface area contributed by atoms with E-state index in [2.05, 4.69) is 27.8 Å². The summed E-state index contributed by atoms with van der Waals surface area (Å²) in [5.41, 5.74) is 4.56. The number of imidazole rings is 1. The zero-order valence-corrected chi connectivity index (χ0v) is 9.96. The van der Waals surface area contributed by atoms with Gasteiger partial charge in [-0.2, -0.15) is 5.10 Å². The maximum absolute atomic E-state index is 4.53. The Morgan fingerprint density at radius 1 is 1.18 bits per heavy atom. The maximum atomic E-state index is 4.53. The van der Waals surface area contributed by atoms with Crippen molar-refractivity contribution in [2.45, 2.75) is 20.4 Å². The zero-order chi connectivity index (χ0) is 11.8. The first kappa shape index (κ1) is 10.1. The van der Waals surface area contributed by atoms with Crippen molar-refractivity contribution < 1.29 is 0 Å². The van der Waals surface area contributed by atoms with Crippen molar-refractivity contribution >= 4 is 5.65 Å². The van der Waals surface area contributed by atoms with Gasteiger partial charge in [0.1, 0.15) is 5.65 Å². The lowest BCUT2D eigenvalue weighted by Gasteiger charge is -2.03. The number of rotatable bonds is 2. The van der Waals surface area contributed by atoms with Crippen LogP contribution in [0.15, 0.2) is 36.9 Å². The number of hydrogen-bond acceptors (Lipinski definition) is 2. The van der Waals surface area contributed by atoms with Gasteiger partial charge in [-0.3, -0.25) is 4.98 Å². The molecule has 4 heteroatoms. The van der Waals surface area contributed by atoms with E-state index in [0.717, 1.165) is 17.9 Å². The Balaban J connectivity index is 2.34. The molecule has 0 aliphatic carbocycles. The first-order valence-electron chi connectivity index (χ1n) is 5.75. The molecule has 0 N–H and O–H groups in total. The van der Waals surface area contributed by atoms with Gasteiger partial charge in [0.15, 0.2) is 0 Å². The summed E-state index contributed by atoms with van der Waals surface area (Å²) in [6.45, 7) is 5.13. The molecule has 0 unspecified atom stereocenters. The molecular formula is C13H14N4. The largest absolute Gasteiger partial charge is 0.331 e. The van der Waals surface area contributed by atoms with Crippen LogP contribution in [0.3, 0.4) is 0 Å². The highest BCUT2D eigenvalue weighted by molar-refractivity contribution is 5.80. The van der Waals surface area contributed by atoms with Crippen molar-refractivity contribution in [2.24, 2.45) is 0 Å². The van der Waals surface area contributed by atoms with Crippen LogP contribution in [-0.2, 0) is 6.54 Å². The van der Waals surface area contributed by atoms with Gasteiger partial charge in [0.05, 0.1) is 5.69 Å². The minimum absolute atomic E-state index is 0.944. The highest BCUT2D eigenvalue weighted by Gasteiger charge is 2.14. The summed E-state index contributed by atoms with van der Waals surface area (Å²) in [5.74, 6) is 0. The van der Waals surface area contributed by atoms with Crippen LogP contribution >= 0.6 is 0 Å². The Bertz CT molecular complexity index is 649. The molecule has 0 bridgehead atoms. The maximum Gasteiger partial charge on any atom is 0.143 e. The molecular weight excluding hydrogens is 212 g/mol. The fraction of sp³-hybridized carbons (Fsp3) is 0.231. The molecule has 3 aromatic heterocycles. The molecule has 0 spiro atoms. The number of aromatic nitrogens is 4. The predicted molar refractivity (Wildman–Crippen MR) is 66.8 cm³/mol. The summed E-state index contributed by atoms with van der Waals surface area (Å²) in [4.78, 5) is 4.06. The lowest BCUT2D eigenvalue weighted by atomic mass is 10.1. The first-order valence-corrected chi connectivity index (χ1v) is 5.75. The van der Waals surface area contributed by atoms with Crippen LogP contribution in [0.2, 0.25) is 0 Å². The quantitative estimate of drug-likeness (QED) is 0.673. The number of nitrogens with zero attached hydrogens (tertiary/aromatic N) is 4. The van der Waals surface area contributed by atoms with Gasteiger partial charge in [-0.25, -0.2) is 4.52 Å². The molecule has 0 aliphatic heterocycles. The predicted octanol–water partition coefficient (Wildman–Crippen LogP) is 2.53. The fourth-order valence-electron chi connectivity index (χ4n) is 2.24. The third-order valence-electron chi connectivity index (χ3n) is 3.03. The van der Waals surface area contributed by atoms with E-state index >= 15 is 0 Å². The van der Waals surface area contributed by atoms with Crippen molar-refractivity contribution in [3.05, 3.63) is 42.6 Å². The molecule has 3 aromatic rings. The molecule has 0 saturated heterocycles. The van der Waals surface area contributed by atoms with E-state index in [1.165, 1.54) is 11.1 Å². The fourth-order valence-corrected chi connectivity index (χ4v) is 2.24. The molecule has 0 radical (unpaired) electrons. The second-order valence-electron chi connectivity index (χ2n) is 4.05. The normalized spacial score (nSPS) is 11.2. The molecule has 0 amide bonds. The first-order chi connectivity index (χ1) is 8.31. The smallest absolute Gasteiger partial charge is 0.143 e. The Labute approximate surface area is 99.5 Å². The second-order valence-corrected chi connectivity index (χ2v) is 4.05. The van der Waals surface area contributed by atoms with Crippen LogP contribution in [0, 0.1) is 6.92 Å². The van der Waals surface area contributed by atoms with Crippen molar-refractivity contribution in [1.29, 1.82) is 0 Å². The summed E-state index contributed by atoms with van der Waals surface area (Å²) in [7, 11) is 0. The third kappa shape index (κ3) is 1.45. The molecule has 0 fully saturated rings. The van der Waals surface area contributed by atoms with Crippen molar-refractivity contribution in [3.63, 3.8) is 0 Å². The summed E-state index contributed by atoms with van der Waals surface area (Å²) in [6, 6.07) is 4.05. The monoisotopic (exact) mass is 226 g/mol. The van der Waals surface area contributed by atoms with E-state index in [-0.39, 0.29) is 0 Å². The van der Waals surface area contributed by atoms with Gasteiger partial charge in [0.25, 0.3) is 0 Å². The van der Waals surface area contributed by atoms with Gasteiger partial charge in [0, 0.05) is 36.9 Å². The van der Waals surface area contributed by atoms with E-state index in [1.807, 2.05) is 42.2 Å². The average Bonchev–Trinajstić information content (AvgIpc) is 2.87. The van der Waals surface area contributed by atoms with Crippen LogP contribution in [0.5, 0.6) is 0 Å². The van der Waals surface area contributed by atoms with Gasteiger partial charge >= 0.3 is 0 Å². The van der Waals surface area contributed by atoms with E-state index in [4.69, 9.17) is 0 Å². The second kappa shape index (κ2) is 3.73. The van der Waals surface area contributed by atoms with Crippen molar-refractivity contribution in [3.8, 4) is 11.1 Å². The molecule has 3 rings (SSSR count). The lowest BCUT2D eigenvalue weighted by Crippen LogP contribution is -1.93.